The van der Waals surface area contributed by atoms with Gasteiger partial charge in [-0.25, -0.2) is 4.98 Å². The van der Waals surface area contributed by atoms with Gasteiger partial charge in [-0.1, -0.05) is 11.6 Å². The zero-order chi connectivity index (χ0) is 9.54. The molecule has 0 saturated carbocycles. The molecule has 5 nitrogen and oxygen atoms in total. The highest BCUT2D eigenvalue weighted by Crippen LogP contribution is 2.19. The Balaban J connectivity index is 2.18. The lowest BCUT2D eigenvalue weighted by Crippen LogP contribution is -2.40. The molecular weight excluding hydrogens is 202 g/mol. The summed E-state index contributed by atoms with van der Waals surface area (Å²) < 4.78 is 1.90. The second-order valence-corrected chi connectivity index (χ2v) is 3.74. The van der Waals surface area contributed by atoms with Crippen molar-refractivity contribution in [3.8, 4) is 0 Å². The SMILES string of the molecule is Clc1cn2c(C3CNC3)nnc2cn1. The summed E-state index contributed by atoms with van der Waals surface area (Å²) >= 11 is 5.81. The Kier molecular flexibility index (Phi) is 1.68. The van der Waals surface area contributed by atoms with E-state index in [2.05, 4.69) is 20.5 Å². The van der Waals surface area contributed by atoms with Crippen LogP contribution >= 0.6 is 11.6 Å². The van der Waals surface area contributed by atoms with E-state index < -0.39 is 0 Å². The minimum Gasteiger partial charge on any atom is -0.315 e. The number of rotatable bonds is 1. The van der Waals surface area contributed by atoms with E-state index in [4.69, 9.17) is 11.6 Å². The summed E-state index contributed by atoms with van der Waals surface area (Å²) in [5, 5.41) is 11.8. The van der Waals surface area contributed by atoms with Gasteiger partial charge in [-0.15, -0.1) is 10.2 Å². The summed E-state index contributed by atoms with van der Waals surface area (Å²) in [5.74, 6) is 1.41. The molecule has 0 bridgehead atoms. The van der Waals surface area contributed by atoms with Crippen molar-refractivity contribution in [1.29, 1.82) is 0 Å². The topological polar surface area (TPSA) is 55.1 Å². The van der Waals surface area contributed by atoms with E-state index in [0.29, 0.717) is 11.1 Å². The smallest absolute Gasteiger partial charge is 0.179 e. The zero-order valence-corrected chi connectivity index (χ0v) is 8.07. The first-order valence-electron chi connectivity index (χ1n) is 4.41. The van der Waals surface area contributed by atoms with Gasteiger partial charge in [0.2, 0.25) is 0 Å². The predicted octanol–water partition coefficient (Wildman–Crippen LogP) is 0.464. The Labute approximate surface area is 85.1 Å². The van der Waals surface area contributed by atoms with E-state index in [9.17, 15) is 0 Å². The van der Waals surface area contributed by atoms with E-state index in [1.165, 1.54) is 0 Å². The molecule has 2 aromatic rings. The quantitative estimate of drug-likeness (QED) is 0.742. The van der Waals surface area contributed by atoms with Crippen molar-refractivity contribution in [3.05, 3.63) is 23.4 Å². The van der Waals surface area contributed by atoms with Crippen molar-refractivity contribution in [1.82, 2.24) is 24.9 Å². The van der Waals surface area contributed by atoms with Crippen LogP contribution in [-0.2, 0) is 0 Å². The summed E-state index contributed by atoms with van der Waals surface area (Å²) in [6, 6.07) is 0. The fourth-order valence-corrected chi connectivity index (χ4v) is 1.69. The fourth-order valence-electron chi connectivity index (χ4n) is 1.55. The predicted molar refractivity (Wildman–Crippen MR) is 51.4 cm³/mol. The van der Waals surface area contributed by atoms with Gasteiger partial charge in [0.15, 0.2) is 5.65 Å². The molecule has 0 amide bonds. The van der Waals surface area contributed by atoms with Gasteiger partial charge >= 0.3 is 0 Å². The summed E-state index contributed by atoms with van der Waals surface area (Å²) in [6.45, 7) is 1.92. The minimum atomic E-state index is 0.448. The highest BCUT2D eigenvalue weighted by molar-refractivity contribution is 6.29. The first-order chi connectivity index (χ1) is 6.84. The molecule has 1 saturated heterocycles. The third kappa shape index (κ3) is 1.09. The molecule has 3 heterocycles. The highest BCUT2D eigenvalue weighted by Gasteiger charge is 2.24. The van der Waals surface area contributed by atoms with Crippen molar-refractivity contribution in [2.24, 2.45) is 0 Å². The second kappa shape index (κ2) is 2.90. The molecule has 0 unspecified atom stereocenters. The van der Waals surface area contributed by atoms with Crippen LogP contribution < -0.4 is 5.32 Å². The number of fused-ring (bicyclic) bond motifs is 1. The molecule has 1 aliphatic rings. The van der Waals surface area contributed by atoms with Crippen LogP contribution in [-0.4, -0.2) is 32.7 Å². The first kappa shape index (κ1) is 8.14. The van der Waals surface area contributed by atoms with Gasteiger partial charge in [-0.2, -0.15) is 0 Å². The first-order valence-corrected chi connectivity index (χ1v) is 4.79. The molecule has 72 valence electrons. The van der Waals surface area contributed by atoms with E-state index >= 15 is 0 Å². The van der Waals surface area contributed by atoms with Crippen molar-refractivity contribution >= 4 is 17.2 Å². The van der Waals surface area contributed by atoms with Crippen LogP contribution in [0.5, 0.6) is 0 Å². The summed E-state index contributed by atoms with van der Waals surface area (Å²) in [6.07, 6.45) is 3.38. The summed E-state index contributed by atoms with van der Waals surface area (Å²) in [4.78, 5) is 3.95. The molecule has 0 aliphatic carbocycles. The third-order valence-electron chi connectivity index (χ3n) is 2.43. The molecule has 0 aromatic carbocycles. The Hall–Kier alpha value is -1.20. The fraction of sp³-hybridized carbons (Fsp3) is 0.375. The maximum absolute atomic E-state index is 5.81. The van der Waals surface area contributed by atoms with Crippen LogP contribution in [0.3, 0.4) is 0 Å². The van der Waals surface area contributed by atoms with Crippen LogP contribution in [0.2, 0.25) is 5.15 Å². The molecule has 1 aliphatic heterocycles. The van der Waals surface area contributed by atoms with E-state index in [1.54, 1.807) is 12.4 Å². The summed E-state index contributed by atoms with van der Waals surface area (Å²) in [5.41, 5.74) is 0.747. The second-order valence-electron chi connectivity index (χ2n) is 3.35. The van der Waals surface area contributed by atoms with Gasteiger partial charge in [0.25, 0.3) is 0 Å². The Morgan fingerprint density at radius 3 is 3.00 bits per heavy atom. The van der Waals surface area contributed by atoms with Crippen molar-refractivity contribution in [2.75, 3.05) is 13.1 Å². The van der Waals surface area contributed by atoms with E-state index in [1.807, 2.05) is 4.40 Å². The standard InChI is InChI=1S/C8H8ClN5/c9-6-4-14-7(3-11-6)12-13-8(14)5-1-10-2-5/h3-5,10H,1-2H2. The molecule has 2 aromatic heterocycles. The highest BCUT2D eigenvalue weighted by atomic mass is 35.5. The molecular formula is C8H8ClN5. The average Bonchev–Trinajstić information content (AvgIpc) is 2.46. The van der Waals surface area contributed by atoms with Crippen molar-refractivity contribution in [2.45, 2.75) is 5.92 Å². The van der Waals surface area contributed by atoms with Crippen LogP contribution in [0.4, 0.5) is 0 Å². The number of halogens is 1. The molecule has 1 N–H and O–H groups in total. The Bertz CT molecular complexity index is 476. The van der Waals surface area contributed by atoms with Gasteiger partial charge < -0.3 is 5.32 Å². The monoisotopic (exact) mass is 209 g/mol. The zero-order valence-electron chi connectivity index (χ0n) is 7.31. The molecule has 6 heteroatoms. The van der Waals surface area contributed by atoms with Crippen LogP contribution in [0, 0.1) is 0 Å². The van der Waals surface area contributed by atoms with Crippen LogP contribution in [0.1, 0.15) is 11.7 Å². The van der Waals surface area contributed by atoms with Gasteiger partial charge in [0, 0.05) is 25.2 Å². The number of hydrogen-bond donors (Lipinski definition) is 1. The maximum atomic E-state index is 5.81. The minimum absolute atomic E-state index is 0.448. The molecule has 0 spiro atoms. The van der Waals surface area contributed by atoms with Crippen LogP contribution in [0.15, 0.2) is 12.4 Å². The van der Waals surface area contributed by atoms with Crippen LogP contribution in [0.25, 0.3) is 5.65 Å². The molecule has 14 heavy (non-hydrogen) atoms. The lowest BCUT2D eigenvalue weighted by molar-refractivity contribution is 0.427. The number of nitrogens with zero attached hydrogens (tertiary/aromatic N) is 4. The molecule has 0 atom stereocenters. The summed E-state index contributed by atoms with van der Waals surface area (Å²) in [7, 11) is 0. The molecule has 0 radical (unpaired) electrons. The maximum Gasteiger partial charge on any atom is 0.179 e. The van der Waals surface area contributed by atoms with Crippen molar-refractivity contribution in [3.63, 3.8) is 0 Å². The van der Waals surface area contributed by atoms with Gasteiger partial charge in [-0.05, 0) is 0 Å². The number of hydrogen-bond acceptors (Lipinski definition) is 4. The lowest BCUT2D eigenvalue weighted by Gasteiger charge is -2.25. The normalized spacial score (nSPS) is 17.2. The Morgan fingerprint density at radius 1 is 1.43 bits per heavy atom. The van der Waals surface area contributed by atoms with E-state index in [0.717, 1.165) is 24.6 Å². The van der Waals surface area contributed by atoms with Gasteiger partial charge in [-0.3, -0.25) is 4.40 Å². The largest absolute Gasteiger partial charge is 0.315 e. The number of nitrogens with one attached hydrogen (secondary N) is 1. The molecule has 1 fully saturated rings. The average molecular weight is 210 g/mol. The lowest BCUT2D eigenvalue weighted by atomic mass is 10.0. The van der Waals surface area contributed by atoms with Crippen molar-refractivity contribution < 1.29 is 0 Å². The van der Waals surface area contributed by atoms with E-state index in [-0.39, 0.29) is 0 Å². The Morgan fingerprint density at radius 2 is 2.29 bits per heavy atom. The third-order valence-corrected chi connectivity index (χ3v) is 2.63. The van der Waals surface area contributed by atoms with Gasteiger partial charge in [0.1, 0.15) is 11.0 Å². The number of aromatic nitrogens is 4. The van der Waals surface area contributed by atoms with Gasteiger partial charge in [0.05, 0.1) is 6.20 Å². The molecule has 3 rings (SSSR count).